The van der Waals surface area contributed by atoms with Gasteiger partial charge in [-0.3, -0.25) is 4.79 Å². The molecule has 1 aromatic rings. The first kappa shape index (κ1) is 14.7. The van der Waals surface area contributed by atoms with Gasteiger partial charge in [-0.05, 0) is 26.3 Å². The van der Waals surface area contributed by atoms with Gasteiger partial charge in [-0.15, -0.1) is 0 Å². The second-order valence-corrected chi connectivity index (χ2v) is 4.97. The van der Waals surface area contributed by atoms with Gasteiger partial charge in [0.05, 0.1) is 12.2 Å². The Labute approximate surface area is 108 Å². The molecule has 4 heteroatoms. The topological polar surface area (TPSA) is 58.6 Å². The first-order valence-electron chi connectivity index (χ1n) is 6.04. The highest BCUT2D eigenvalue weighted by atomic mass is 16.5. The highest BCUT2D eigenvalue weighted by Crippen LogP contribution is 2.04. The number of hydrogen-bond acceptors (Lipinski definition) is 3. The first-order valence-corrected chi connectivity index (χ1v) is 6.04. The Morgan fingerprint density at radius 1 is 1.39 bits per heavy atom. The third-order valence-corrected chi connectivity index (χ3v) is 2.41. The fourth-order valence-corrected chi connectivity index (χ4v) is 1.32. The predicted octanol–water partition coefficient (Wildman–Crippen LogP) is 1.48. The van der Waals surface area contributed by atoms with E-state index in [1.807, 2.05) is 30.3 Å². The number of nitrogens with one attached hydrogen (secondary N) is 1. The quantitative estimate of drug-likeness (QED) is 0.805. The van der Waals surface area contributed by atoms with Crippen LogP contribution >= 0.6 is 0 Å². The molecule has 0 aromatic heterocycles. The summed E-state index contributed by atoms with van der Waals surface area (Å²) in [6.45, 7) is 5.59. The highest BCUT2D eigenvalue weighted by Gasteiger charge is 2.18. The smallest absolute Gasteiger partial charge is 0.248 e. The molecule has 0 spiro atoms. The van der Waals surface area contributed by atoms with Crippen molar-refractivity contribution in [1.29, 1.82) is 0 Å². The van der Waals surface area contributed by atoms with Crippen molar-refractivity contribution in [3.63, 3.8) is 0 Å². The Balaban J connectivity index is 2.32. The molecule has 0 aliphatic carbocycles. The van der Waals surface area contributed by atoms with Gasteiger partial charge in [0.15, 0.2) is 0 Å². The normalized spacial score (nSPS) is 13.1. The molecule has 0 saturated carbocycles. The average molecular weight is 251 g/mol. The van der Waals surface area contributed by atoms with Crippen LogP contribution < -0.4 is 5.32 Å². The van der Waals surface area contributed by atoms with Crippen LogP contribution in [0.1, 0.15) is 26.3 Å². The Morgan fingerprint density at radius 3 is 2.56 bits per heavy atom. The Bertz CT molecular complexity index is 370. The molecule has 0 radical (unpaired) electrons. The van der Waals surface area contributed by atoms with Crippen molar-refractivity contribution in [2.24, 2.45) is 0 Å². The van der Waals surface area contributed by atoms with Crippen molar-refractivity contribution >= 4 is 5.91 Å². The van der Waals surface area contributed by atoms with Gasteiger partial charge in [0.25, 0.3) is 0 Å². The van der Waals surface area contributed by atoms with Crippen molar-refractivity contribution in [2.45, 2.75) is 39.1 Å². The monoisotopic (exact) mass is 251 g/mol. The number of rotatable bonds is 6. The van der Waals surface area contributed by atoms with Gasteiger partial charge in [-0.25, -0.2) is 0 Å². The van der Waals surface area contributed by atoms with E-state index in [1.54, 1.807) is 20.8 Å². The summed E-state index contributed by atoms with van der Waals surface area (Å²) in [7, 11) is 0. The van der Waals surface area contributed by atoms with E-state index >= 15 is 0 Å². The van der Waals surface area contributed by atoms with E-state index in [4.69, 9.17) is 4.74 Å². The summed E-state index contributed by atoms with van der Waals surface area (Å²) >= 11 is 0. The van der Waals surface area contributed by atoms with Crippen molar-refractivity contribution in [3.05, 3.63) is 35.9 Å². The summed E-state index contributed by atoms with van der Waals surface area (Å²) < 4.78 is 5.46. The third kappa shape index (κ3) is 5.80. The highest BCUT2D eigenvalue weighted by molar-refractivity contribution is 5.80. The minimum Gasteiger partial charge on any atom is -0.389 e. The van der Waals surface area contributed by atoms with Crippen LogP contribution in [-0.4, -0.2) is 29.3 Å². The fraction of sp³-hybridized carbons (Fsp3) is 0.500. The number of amides is 1. The van der Waals surface area contributed by atoms with Gasteiger partial charge in [0.1, 0.15) is 6.10 Å². The maximum Gasteiger partial charge on any atom is 0.248 e. The van der Waals surface area contributed by atoms with Gasteiger partial charge in [0, 0.05) is 6.54 Å². The second-order valence-electron chi connectivity index (χ2n) is 4.97. The number of carbonyl (C=O) groups excluding carboxylic acids is 1. The summed E-state index contributed by atoms with van der Waals surface area (Å²) in [6.07, 6.45) is -0.535. The summed E-state index contributed by atoms with van der Waals surface area (Å²) in [5.74, 6) is -0.215. The van der Waals surface area contributed by atoms with E-state index in [-0.39, 0.29) is 12.5 Å². The zero-order valence-electron chi connectivity index (χ0n) is 11.1. The van der Waals surface area contributed by atoms with Crippen molar-refractivity contribution in [1.82, 2.24) is 5.32 Å². The molecule has 0 heterocycles. The van der Waals surface area contributed by atoms with Crippen LogP contribution in [0.25, 0.3) is 0 Å². The van der Waals surface area contributed by atoms with E-state index in [1.165, 1.54) is 0 Å². The molecule has 0 bridgehead atoms. The van der Waals surface area contributed by atoms with E-state index in [9.17, 15) is 9.90 Å². The maximum absolute atomic E-state index is 11.7. The molecular formula is C14H21NO3. The second kappa shape index (κ2) is 6.52. The molecule has 4 nitrogen and oxygen atoms in total. The summed E-state index contributed by atoms with van der Waals surface area (Å²) in [6, 6.07) is 9.68. The molecule has 0 fully saturated rings. The fourth-order valence-electron chi connectivity index (χ4n) is 1.32. The SMILES string of the molecule is C[C@H](OCc1ccccc1)C(=O)NCC(C)(C)O. The number of ether oxygens (including phenoxy) is 1. The van der Waals surface area contributed by atoms with Gasteiger partial charge in [-0.2, -0.15) is 0 Å². The molecule has 0 aliphatic heterocycles. The molecule has 0 aliphatic rings. The van der Waals surface area contributed by atoms with Gasteiger partial charge in [0.2, 0.25) is 5.91 Å². The van der Waals surface area contributed by atoms with Crippen LogP contribution in [-0.2, 0) is 16.1 Å². The van der Waals surface area contributed by atoms with Crippen LogP contribution in [0.15, 0.2) is 30.3 Å². The number of hydrogen-bond donors (Lipinski definition) is 2. The molecule has 100 valence electrons. The molecule has 0 unspecified atom stereocenters. The molecule has 0 saturated heterocycles. The minimum absolute atomic E-state index is 0.213. The van der Waals surface area contributed by atoms with Crippen LogP contribution in [0.2, 0.25) is 0 Å². The largest absolute Gasteiger partial charge is 0.389 e. The third-order valence-electron chi connectivity index (χ3n) is 2.41. The molecule has 2 N–H and O–H groups in total. The Hall–Kier alpha value is -1.39. The Kier molecular flexibility index (Phi) is 5.31. The van der Waals surface area contributed by atoms with Crippen LogP contribution in [0, 0.1) is 0 Å². The van der Waals surface area contributed by atoms with Gasteiger partial charge in [-0.1, -0.05) is 30.3 Å². The number of carbonyl (C=O) groups is 1. The van der Waals surface area contributed by atoms with E-state index in [0.29, 0.717) is 6.61 Å². The molecule has 1 aromatic carbocycles. The van der Waals surface area contributed by atoms with E-state index < -0.39 is 11.7 Å². The molecule has 1 atom stereocenters. The van der Waals surface area contributed by atoms with Gasteiger partial charge >= 0.3 is 0 Å². The molecule has 18 heavy (non-hydrogen) atoms. The minimum atomic E-state index is -0.908. The van der Waals surface area contributed by atoms with E-state index in [0.717, 1.165) is 5.56 Å². The standard InChI is InChI=1S/C14H21NO3/c1-11(13(16)15-10-14(2,3)17)18-9-12-7-5-4-6-8-12/h4-8,11,17H,9-10H2,1-3H3,(H,15,16)/t11-/m0/s1. The van der Waals surface area contributed by atoms with Crippen molar-refractivity contribution in [3.8, 4) is 0 Å². The van der Waals surface area contributed by atoms with Crippen LogP contribution in [0.3, 0.4) is 0 Å². The zero-order valence-corrected chi connectivity index (χ0v) is 11.1. The maximum atomic E-state index is 11.7. The number of benzene rings is 1. The van der Waals surface area contributed by atoms with Crippen molar-refractivity contribution < 1.29 is 14.6 Å². The molecule has 1 amide bonds. The van der Waals surface area contributed by atoms with Crippen LogP contribution in [0.5, 0.6) is 0 Å². The lowest BCUT2D eigenvalue weighted by molar-refractivity contribution is -0.133. The average Bonchev–Trinajstić information content (AvgIpc) is 2.33. The number of aliphatic hydroxyl groups is 1. The molecule has 1 rings (SSSR count). The summed E-state index contributed by atoms with van der Waals surface area (Å²) in [4.78, 5) is 11.7. The lowest BCUT2D eigenvalue weighted by Gasteiger charge is -2.19. The Morgan fingerprint density at radius 2 is 2.00 bits per heavy atom. The van der Waals surface area contributed by atoms with Crippen LogP contribution in [0.4, 0.5) is 0 Å². The van der Waals surface area contributed by atoms with Gasteiger partial charge < -0.3 is 15.2 Å². The molecular weight excluding hydrogens is 230 g/mol. The lowest BCUT2D eigenvalue weighted by Crippen LogP contribution is -2.42. The summed E-state index contributed by atoms with van der Waals surface area (Å²) in [5.41, 5.74) is 0.120. The summed E-state index contributed by atoms with van der Waals surface area (Å²) in [5, 5.41) is 12.1. The predicted molar refractivity (Wildman–Crippen MR) is 70.0 cm³/mol. The van der Waals surface area contributed by atoms with Crippen molar-refractivity contribution in [2.75, 3.05) is 6.54 Å². The first-order chi connectivity index (χ1) is 8.38. The van der Waals surface area contributed by atoms with E-state index in [2.05, 4.69) is 5.32 Å². The lowest BCUT2D eigenvalue weighted by atomic mass is 10.1. The zero-order chi connectivity index (χ0) is 13.6.